The Kier molecular flexibility index (Phi) is 5.19. The number of piperazine rings is 2. The van der Waals surface area contributed by atoms with Crippen molar-refractivity contribution in [3.63, 3.8) is 0 Å². The number of rotatable bonds is 4. The lowest BCUT2D eigenvalue weighted by Gasteiger charge is -2.48. The maximum Gasteiger partial charge on any atom is 0.273 e. The molecular weight excluding hydrogens is 372 g/mol. The molecule has 2 fully saturated rings. The highest BCUT2D eigenvalue weighted by molar-refractivity contribution is 6.00. The highest BCUT2D eigenvalue weighted by Gasteiger charge is 2.46. The molecule has 2 aliphatic heterocycles. The molecule has 2 aromatic rings. The largest absolute Gasteiger partial charge is 0.383 e. The summed E-state index contributed by atoms with van der Waals surface area (Å²) in [5.74, 6) is -0.675. The van der Waals surface area contributed by atoms with E-state index in [-0.39, 0.29) is 30.0 Å². The second-order valence-electron chi connectivity index (χ2n) is 7.39. The maximum absolute atomic E-state index is 13.2. The summed E-state index contributed by atoms with van der Waals surface area (Å²) in [5.41, 5.74) is 0.992. The van der Waals surface area contributed by atoms with Gasteiger partial charge in [-0.1, -0.05) is 24.3 Å². The number of carbonyl (C=O) groups is 3. The topological polar surface area (TPSA) is 83.1 Å². The number of hydrogen-bond donors (Lipinski definition) is 0. The molecule has 0 aliphatic carbocycles. The van der Waals surface area contributed by atoms with E-state index in [9.17, 15) is 14.4 Å². The molecule has 4 rings (SSSR count). The van der Waals surface area contributed by atoms with Gasteiger partial charge < -0.3 is 19.4 Å². The van der Waals surface area contributed by atoms with Crippen molar-refractivity contribution in [1.29, 1.82) is 0 Å². The Morgan fingerprint density at radius 2 is 1.93 bits per heavy atom. The van der Waals surface area contributed by atoms with E-state index in [2.05, 4.69) is 4.98 Å². The monoisotopic (exact) mass is 396 g/mol. The van der Waals surface area contributed by atoms with Crippen LogP contribution in [0.2, 0.25) is 0 Å². The van der Waals surface area contributed by atoms with Crippen LogP contribution in [0.1, 0.15) is 17.4 Å². The van der Waals surface area contributed by atoms with Crippen molar-refractivity contribution in [1.82, 2.24) is 19.7 Å². The van der Waals surface area contributed by atoms with Crippen molar-refractivity contribution >= 4 is 28.6 Å². The Hall–Kier alpha value is -3.00. The number of pyridine rings is 1. The van der Waals surface area contributed by atoms with Crippen LogP contribution in [-0.4, -0.2) is 89.4 Å². The number of aromatic nitrogens is 1. The van der Waals surface area contributed by atoms with E-state index in [1.165, 1.54) is 4.90 Å². The normalized spacial score (nSPS) is 22.2. The summed E-state index contributed by atoms with van der Waals surface area (Å²) in [5, 5.41) is 0.939. The molecule has 3 amide bonds. The summed E-state index contributed by atoms with van der Waals surface area (Å²) in [7, 11) is 1.59. The van der Waals surface area contributed by atoms with E-state index >= 15 is 0 Å². The van der Waals surface area contributed by atoms with Crippen LogP contribution < -0.4 is 0 Å². The van der Waals surface area contributed by atoms with Gasteiger partial charge in [-0.3, -0.25) is 14.4 Å². The molecule has 1 aromatic carbocycles. The molecule has 0 unspecified atom stereocenters. The van der Waals surface area contributed by atoms with Gasteiger partial charge in [-0.05, 0) is 19.1 Å². The Labute approximate surface area is 169 Å². The molecule has 8 heteroatoms. The average molecular weight is 396 g/mol. The van der Waals surface area contributed by atoms with Gasteiger partial charge >= 0.3 is 0 Å². The predicted octanol–water partition coefficient (Wildman–Crippen LogP) is 0.765. The lowest BCUT2D eigenvalue weighted by molar-refractivity contribution is -0.160. The molecule has 2 aliphatic rings. The van der Waals surface area contributed by atoms with E-state index in [4.69, 9.17) is 4.74 Å². The fraction of sp³-hybridized carbons (Fsp3) is 0.429. The average Bonchev–Trinajstić information content (AvgIpc) is 2.75. The number of methoxy groups -OCH3 is 1. The first-order chi connectivity index (χ1) is 14.0. The Morgan fingerprint density at radius 3 is 2.72 bits per heavy atom. The molecule has 0 saturated carbocycles. The van der Waals surface area contributed by atoms with Crippen LogP contribution in [0.4, 0.5) is 0 Å². The molecule has 152 valence electrons. The van der Waals surface area contributed by atoms with E-state index in [0.29, 0.717) is 26.2 Å². The minimum Gasteiger partial charge on any atom is -0.383 e. The zero-order valence-corrected chi connectivity index (χ0v) is 16.6. The van der Waals surface area contributed by atoms with E-state index in [1.807, 2.05) is 30.3 Å². The number of amides is 3. The zero-order valence-electron chi connectivity index (χ0n) is 16.6. The van der Waals surface area contributed by atoms with Crippen molar-refractivity contribution in [3.8, 4) is 0 Å². The Balaban J connectivity index is 1.59. The van der Waals surface area contributed by atoms with Gasteiger partial charge in [0, 0.05) is 32.1 Å². The van der Waals surface area contributed by atoms with Gasteiger partial charge in [0.25, 0.3) is 5.91 Å². The quantitative estimate of drug-likeness (QED) is 0.762. The third kappa shape index (κ3) is 3.44. The number of hydrogen-bond acceptors (Lipinski definition) is 5. The first-order valence-electron chi connectivity index (χ1n) is 9.76. The summed E-state index contributed by atoms with van der Waals surface area (Å²) < 4.78 is 5.07. The van der Waals surface area contributed by atoms with Crippen LogP contribution in [-0.2, 0) is 14.3 Å². The SMILES string of the molecule is COCCN1CCN2C(=O)[C@H](C)N(C(=O)c3ccc4ccccc4n3)C[C@H]2C1=O. The van der Waals surface area contributed by atoms with Crippen LogP contribution in [0.3, 0.4) is 0 Å². The van der Waals surface area contributed by atoms with Crippen molar-refractivity contribution in [2.45, 2.75) is 19.0 Å². The van der Waals surface area contributed by atoms with Crippen LogP contribution in [0.15, 0.2) is 36.4 Å². The van der Waals surface area contributed by atoms with Gasteiger partial charge in [-0.2, -0.15) is 0 Å². The second-order valence-corrected chi connectivity index (χ2v) is 7.39. The highest BCUT2D eigenvalue weighted by Crippen LogP contribution is 2.24. The molecule has 0 N–H and O–H groups in total. The minimum atomic E-state index is -0.659. The Bertz CT molecular complexity index is 963. The summed E-state index contributed by atoms with van der Waals surface area (Å²) in [4.78, 5) is 48.2. The van der Waals surface area contributed by atoms with Crippen molar-refractivity contribution in [2.75, 3.05) is 39.9 Å². The fourth-order valence-electron chi connectivity index (χ4n) is 4.01. The van der Waals surface area contributed by atoms with Crippen LogP contribution in [0.25, 0.3) is 10.9 Å². The van der Waals surface area contributed by atoms with Gasteiger partial charge in [-0.25, -0.2) is 4.98 Å². The van der Waals surface area contributed by atoms with Crippen molar-refractivity contribution in [3.05, 3.63) is 42.1 Å². The molecular formula is C21H24N4O4. The van der Waals surface area contributed by atoms with Gasteiger partial charge in [0.05, 0.1) is 18.7 Å². The summed E-state index contributed by atoms with van der Waals surface area (Å²) in [6, 6.07) is 9.77. The Morgan fingerprint density at radius 1 is 1.14 bits per heavy atom. The molecule has 0 radical (unpaired) electrons. The fourth-order valence-corrected chi connectivity index (χ4v) is 4.01. The number of carbonyl (C=O) groups excluding carboxylic acids is 3. The first-order valence-corrected chi connectivity index (χ1v) is 9.76. The van der Waals surface area contributed by atoms with Gasteiger partial charge in [-0.15, -0.1) is 0 Å². The predicted molar refractivity (Wildman–Crippen MR) is 106 cm³/mol. The standard InChI is InChI=1S/C21H24N4O4/c1-14-19(26)24-10-9-23(11-12-29-2)21(28)18(24)13-25(14)20(27)17-8-7-15-5-3-4-6-16(15)22-17/h3-8,14,18H,9-13H2,1-2H3/t14-,18-/m0/s1. The number of ether oxygens (including phenoxy) is 1. The molecule has 2 atom stereocenters. The number of para-hydroxylation sites is 1. The lowest BCUT2D eigenvalue weighted by atomic mass is 10.0. The van der Waals surface area contributed by atoms with Gasteiger partial charge in [0.2, 0.25) is 11.8 Å². The first kappa shape index (κ1) is 19.3. The summed E-state index contributed by atoms with van der Waals surface area (Å²) >= 11 is 0. The highest BCUT2D eigenvalue weighted by atomic mass is 16.5. The van der Waals surface area contributed by atoms with Crippen LogP contribution >= 0.6 is 0 Å². The van der Waals surface area contributed by atoms with E-state index in [0.717, 1.165) is 10.9 Å². The lowest BCUT2D eigenvalue weighted by Crippen LogP contribution is -2.70. The third-order valence-corrected chi connectivity index (χ3v) is 5.71. The molecule has 1 aromatic heterocycles. The van der Waals surface area contributed by atoms with Crippen molar-refractivity contribution < 1.29 is 19.1 Å². The van der Waals surface area contributed by atoms with E-state index in [1.54, 1.807) is 29.9 Å². The zero-order chi connectivity index (χ0) is 20.5. The number of fused-ring (bicyclic) bond motifs is 2. The minimum absolute atomic E-state index is 0.141. The third-order valence-electron chi connectivity index (χ3n) is 5.71. The second kappa shape index (κ2) is 7.79. The molecule has 8 nitrogen and oxygen atoms in total. The van der Waals surface area contributed by atoms with E-state index < -0.39 is 12.1 Å². The van der Waals surface area contributed by atoms with Gasteiger partial charge in [0.1, 0.15) is 17.8 Å². The van der Waals surface area contributed by atoms with Crippen LogP contribution in [0.5, 0.6) is 0 Å². The molecule has 3 heterocycles. The summed E-state index contributed by atoms with van der Waals surface area (Å²) in [6.45, 7) is 3.74. The van der Waals surface area contributed by atoms with Gasteiger partial charge in [0.15, 0.2) is 0 Å². The van der Waals surface area contributed by atoms with Crippen LogP contribution in [0, 0.1) is 0 Å². The maximum atomic E-state index is 13.2. The molecule has 0 bridgehead atoms. The number of nitrogens with zero attached hydrogens (tertiary/aromatic N) is 4. The molecule has 0 spiro atoms. The molecule has 2 saturated heterocycles. The summed E-state index contributed by atoms with van der Waals surface area (Å²) in [6.07, 6.45) is 0. The molecule has 29 heavy (non-hydrogen) atoms. The number of benzene rings is 1. The smallest absolute Gasteiger partial charge is 0.273 e. The van der Waals surface area contributed by atoms with Crippen molar-refractivity contribution in [2.24, 2.45) is 0 Å².